The van der Waals surface area contributed by atoms with Gasteiger partial charge in [-0.1, -0.05) is 54.1 Å². The minimum absolute atomic E-state index is 0.680. The molecule has 0 bridgehead atoms. The van der Waals surface area contributed by atoms with Crippen molar-refractivity contribution in [1.29, 1.82) is 0 Å². The van der Waals surface area contributed by atoms with Crippen molar-refractivity contribution in [3.05, 3.63) is 88.4 Å². The molecule has 1 aromatic heterocycles. The first-order valence-electron chi connectivity index (χ1n) is 9.86. The Morgan fingerprint density at radius 3 is 2.62 bits per heavy atom. The Hall–Kier alpha value is -2.75. The second kappa shape index (κ2) is 7.58. The molecule has 0 aliphatic carbocycles. The molecule has 0 saturated heterocycles. The van der Waals surface area contributed by atoms with Crippen LogP contribution in [0.4, 0.5) is 0 Å². The monoisotopic (exact) mass is 403 g/mol. The first-order valence-corrected chi connectivity index (χ1v) is 10.2. The number of ether oxygens (including phenoxy) is 1. The lowest BCUT2D eigenvalue weighted by molar-refractivity contribution is 0.246. The van der Waals surface area contributed by atoms with Gasteiger partial charge in [-0.15, -0.1) is 0 Å². The Bertz CT molecular complexity index is 1180. The smallest absolute Gasteiger partial charge is 0.176 e. The summed E-state index contributed by atoms with van der Waals surface area (Å²) < 4.78 is 11.8. The van der Waals surface area contributed by atoms with Crippen LogP contribution in [-0.2, 0) is 19.5 Å². The quantitative estimate of drug-likeness (QED) is 0.398. The second-order valence-corrected chi connectivity index (χ2v) is 7.90. The molecule has 0 atom stereocenters. The number of halogens is 1. The van der Waals surface area contributed by atoms with Crippen molar-refractivity contribution in [2.24, 2.45) is 0 Å². The summed E-state index contributed by atoms with van der Waals surface area (Å²) in [5, 5.41) is 1.76. The van der Waals surface area contributed by atoms with Crippen LogP contribution >= 0.6 is 11.6 Å². The van der Waals surface area contributed by atoms with Gasteiger partial charge in [0.2, 0.25) is 0 Å². The van der Waals surface area contributed by atoms with E-state index in [1.165, 1.54) is 16.7 Å². The molecule has 0 spiro atoms. The van der Waals surface area contributed by atoms with Crippen molar-refractivity contribution in [3.63, 3.8) is 0 Å². The summed E-state index contributed by atoms with van der Waals surface area (Å²) in [5.74, 6) is 1.51. The number of rotatable bonds is 4. The van der Waals surface area contributed by atoms with Gasteiger partial charge in [0.25, 0.3) is 0 Å². The number of fused-ring (bicyclic) bond motifs is 2. The fourth-order valence-corrected chi connectivity index (χ4v) is 4.41. The summed E-state index contributed by atoms with van der Waals surface area (Å²) in [5.41, 5.74) is 5.80. The SMILES string of the molecule is COc1ccc(CN2CCc3ccccc3C2)c2cc(-c3ccccc3Cl)oc12. The number of benzene rings is 3. The summed E-state index contributed by atoms with van der Waals surface area (Å²) in [6, 6.07) is 22.7. The Kier molecular flexibility index (Phi) is 4.78. The highest BCUT2D eigenvalue weighted by atomic mass is 35.5. The zero-order valence-corrected chi connectivity index (χ0v) is 17.1. The molecule has 0 radical (unpaired) electrons. The van der Waals surface area contributed by atoms with Gasteiger partial charge in [-0.2, -0.15) is 0 Å². The maximum atomic E-state index is 6.40. The topological polar surface area (TPSA) is 25.6 Å². The number of furan rings is 1. The van der Waals surface area contributed by atoms with Gasteiger partial charge in [0, 0.05) is 30.6 Å². The van der Waals surface area contributed by atoms with Crippen LogP contribution < -0.4 is 4.74 Å². The molecule has 0 unspecified atom stereocenters. The zero-order chi connectivity index (χ0) is 19.8. The minimum atomic E-state index is 0.680. The van der Waals surface area contributed by atoms with Crippen molar-refractivity contribution in [3.8, 4) is 17.1 Å². The fourth-order valence-electron chi connectivity index (χ4n) is 4.18. The first-order chi connectivity index (χ1) is 14.2. The second-order valence-electron chi connectivity index (χ2n) is 7.49. The van der Waals surface area contributed by atoms with E-state index in [0.29, 0.717) is 5.02 Å². The van der Waals surface area contributed by atoms with E-state index in [4.69, 9.17) is 20.8 Å². The van der Waals surface area contributed by atoms with Crippen molar-refractivity contribution in [1.82, 2.24) is 4.90 Å². The molecule has 146 valence electrons. The molecule has 5 rings (SSSR count). The molecule has 0 saturated carbocycles. The standard InChI is InChI=1S/C25H22ClNO2/c1-28-23-11-10-19(16-27-13-12-17-6-2-3-7-18(17)15-27)21-14-24(29-25(21)23)20-8-4-5-9-22(20)26/h2-11,14H,12-13,15-16H2,1H3. The summed E-state index contributed by atoms with van der Waals surface area (Å²) in [7, 11) is 1.67. The normalized spacial score (nSPS) is 14.1. The van der Waals surface area contributed by atoms with Gasteiger partial charge in [0.05, 0.1) is 12.1 Å². The van der Waals surface area contributed by atoms with Gasteiger partial charge in [0.15, 0.2) is 11.3 Å². The Labute approximate surface area is 175 Å². The van der Waals surface area contributed by atoms with Crippen LogP contribution in [0.1, 0.15) is 16.7 Å². The Morgan fingerprint density at radius 1 is 1.00 bits per heavy atom. The summed E-state index contributed by atoms with van der Waals surface area (Å²) in [4.78, 5) is 2.49. The van der Waals surface area contributed by atoms with E-state index in [0.717, 1.165) is 54.1 Å². The maximum Gasteiger partial charge on any atom is 0.176 e. The van der Waals surface area contributed by atoms with Crippen LogP contribution in [0.2, 0.25) is 5.02 Å². The third-order valence-corrected chi connectivity index (χ3v) is 6.03. The number of methoxy groups -OCH3 is 1. The lowest BCUT2D eigenvalue weighted by Crippen LogP contribution is -2.30. The molecule has 0 N–H and O–H groups in total. The molecule has 3 aromatic carbocycles. The predicted octanol–water partition coefficient (Wildman–Crippen LogP) is 6.32. The molecular formula is C25H22ClNO2. The maximum absolute atomic E-state index is 6.40. The molecule has 4 heteroatoms. The van der Waals surface area contributed by atoms with Crippen LogP contribution in [0.5, 0.6) is 5.75 Å². The van der Waals surface area contributed by atoms with Gasteiger partial charge >= 0.3 is 0 Å². The van der Waals surface area contributed by atoms with Gasteiger partial charge in [-0.05, 0) is 47.4 Å². The lowest BCUT2D eigenvalue weighted by Gasteiger charge is -2.29. The van der Waals surface area contributed by atoms with E-state index in [1.807, 2.05) is 30.3 Å². The first kappa shape index (κ1) is 18.3. The average molecular weight is 404 g/mol. The van der Waals surface area contributed by atoms with E-state index >= 15 is 0 Å². The van der Waals surface area contributed by atoms with Gasteiger partial charge < -0.3 is 9.15 Å². The van der Waals surface area contributed by atoms with Crippen molar-refractivity contribution in [2.75, 3.05) is 13.7 Å². The minimum Gasteiger partial charge on any atom is -0.493 e. The van der Waals surface area contributed by atoms with Crippen LogP contribution in [0.3, 0.4) is 0 Å². The van der Waals surface area contributed by atoms with Crippen LogP contribution in [0.15, 0.2) is 71.1 Å². The molecule has 1 aliphatic rings. The van der Waals surface area contributed by atoms with Crippen molar-refractivity contribution in [2.45, 2.75) is 19.5 Å². The lowest BCUT2D eigenvalue weighted by atomic mass is 9.99. The summed E-state index contributed by atoms with van der Waals surface area (Å²) in [6.45, 7) is 2.90. The third-order valence-electron chi connectivity index (χ3n) is 5.70. The highest BCUT2D eigenvalue weighted by molar-refractivity contribution is 6.33. The fraction of sp³-hybridized carbons (Fsp3) is 0.200. The van der Waals surface area contributed by atoms with E-state index in [-0.39, 0.29) is 0 Å². The van der Waals surface area contributed by atoms with Crippen molar-refractivity contribution >= 4 is 22.6 Å². The Morgan fingerprint density at radius 2 is 1.79 bits per heavy atom. The highest BCUT2D eigenvalue weighted by Crippen LogP contribution is 2.38. The predicted molar refractivity (Wildman–Crippen MR) is 117 cm³/mol. The molecule has 4 aromatic rings. The number of hydrogen-bond acceptors (Lipinski definition) is 3. The van der Waals surface area contributed by atoms with E-state index in [2.05, 4.69) is 41.3 Å². The largest absolute Gasteiger partial charge is 0.493 e. The number of hydrogen-bond donors (Lipinski definition) is 0. The van der Waals surface area contributed by atoms with Gasteiger partial charge in [-0.25, -0.2) is 0 Å². The molecule has 1 aliphatic heterocycles. The molecular weight excluding hydrogens is 382 g/mol. The average Bonchev–Trinajstić information content (AvgIpc) is 3.20. The highest BCUT2D eigenvalue weighted by Gasteiger charge is 2.20. The molecule has 0 amide bonds. The van der Waals surface area contributed by atoms with E-state index in [9.17, 15) is 0 Å². The van der Waals surface area contributed by atoms with Crippen molar-refractivity contribution < 1.29 is 9.15 Å². The van der Waals surface area contributed by atoms with Crippen LogP contribution in [0, 0.1) is 0 Å². The molecule has 2 heterocycles. The van der Waals surface area contributed by atoms with Crippen LogP contribution in [0.25, 0.3) is 22.3 Å². The molecule has 29 heavy (non-hydrogen) atoms. The summed E-state index contributed by atoms with van der Waals surface area (Å²) >= 11 is 6.40. The van der Waals surface area contributed by atoms with Crippen LogP contribution in [-0.4, -0.2) is 18.6 Å². The molecule has 0 fully saturated rings. The zero-order valence-electron chi connectivity index (χ0n) is 16.3. The van der Waals surface area contributed by atoms with Gasteiger partial charge in [0.1, 0.15) is 5.76 Å². The summed E-state index contributed by atoms with van der Waals surface area (Å²) in [6.07, 6.45) is 1.09. The third kappa shape index (κ3) is 3.41. The number of nitrogens with zero attached hydrogens (tertiary/aromatic N) is 1. The molecule has 3 nitrogen and oxygen atoms in total. The van der Waals surface area contributed by atoms with Gasteiger partial charge in [-0.3, -0.25) is 4.90 Å². The Balaban J connectivity index is 1.52. The van der Waals surface area contributed by atoms with E-state index in [1.54, 1.807) is 7.11 Å². The van der Waals surface area contributed by atoms with E-state index < -0.39 is 0 Å².